The summed E-state index contributed by atoms with van der Waals surface area (Å²) in [5, 5.41) is 3.35. The van der Waals surface area contributed by atoms with Gasteiger partial charge in [-0.05, 0) is 18.4 Å². The molecule has 0 saturated carbocycles. The van der Waals surface area contributed by atoms with E-state index in [0.29, 0.717) is 11.7 Å². The lowest BCUT2D eigenvalue weighted by Gasteiger charge is -2.36. The number of piperazine rings is 1. The monoisotopic (exact) mass is 352 g/mol. The van der Waals surface area contributed by atoms with Crippen LogP contribution in [0.25, 0.3) is 0 Å². The minimum absolute atomic E-state index is 0. The van der Waals surface area contributed by atoms with Gasteiger partial charge in [0.15, 0.2) is 11.6 Å². The molecule has 1 atom stereocenters. The Morgan fingerprint density at radius 1 is 1.23 bits per heavy atom. The van der Waals surface area contributed by atoms with Gasteiger partial charge in [0.1, 0.15) is 0 Å². The van der Waals surface area contributed by atoms with Crippen molar-refractivity contribution in [1.29, 1.82) is 0 Å². The van der Waals surface area contributed by atoms with Gasteiger partial charge in [-0.15, -0.1) is 24.8 Å². The molecule has 0 radical (unpaired) electrons. The smallest absolute Gasteiger partial charge is 0.169 e. The van der Waals surface area contributed by atoms with Crippen molar-refractivity contribution < 1.29 is 9.13 Å². The number of methoxy groups -OCH3 is 1. The van der Waals surface area contributed by atoms with Crippen molar-refractivity contribution in [3.63, 3.8) is 0 Å². The van der Waals surface area contributed by atoms with Crippen molar-refractivity contribution in [2.75, 3.05) is 33.3 Å². The van der Waals surface area contributed by atoms with Crippen LogP contribution < -0.4 is 10.1 Å². The van der Waals surface area contributed by atoms with Gasteiger partial charge < -0.3 is 10.1 Å². The molecular formula is C16H27Cl2FN2O. The first kappa shape index (κ1) is 21.4. The van der Waals surface area contributed by atoms with Gasteiger partial charge in [-0.25, -0.2) is 4.39 Å². The van der Waals surface area contributed by atoms with E-state index < -0.39 is 0 Å². The fourth-order valence-electron chi connectivity index (χ4n) is 2.86. The molecule has 0 aliphatic carbocycles. The number of ether oxygens (including phenoxy) is 1. The molecule has 128 valence electrons. The van der Waals surface area contributed by atoms with Gasteiger partial charge in [0.25, 0.3) is 0 Å². The molecule has 6 heteroatoms. The maximum Gasteiger partial charge on any atom is 0.169 e. The molecule has 2 rings (SSSR count). The molecule has 1 N–H and O–H groups in total. The zero-order valence-corrected chi connectivity index (χ0v) is 15.1. The van der Waals surface area contributed by atoms with E-state index in [1.165, 1.54) is 7.11 Å². The molecule has 0 aromatic heterocycles. The quantitative estimate of drug-likeness (QED) is 0.874. The first-order valence-corrected chi connectivity index (χ1v) is 7.40. The Kier molecular flexibility index (Phi) is 10.0. The van der Waals surface area contributed by atoms with Gasteiger partial charge in [0.05, 0.1) is 7.11 Å². The Bertz CT molecular complexity index is 440. The summed E-state index contributed by atoms with van der Waals surface area (Å²) < 4.78 is 19.7. The fraction of sp³-hybridized carbons (Fsp3) is 0.625. The van der Waals surface area contributed by atoms with E-state index in [4.69, 9.17) is 4.74 Å². The molecule has 1 saturated heterocycles. The van der Waals surface area contributed by atoms with Crippen LogP contribution in [0.4, 0.5) is 4.39 Å². The summed E-state index contributed by atoms with van der Waals surface area (Å²) >= 11 is 0. The molecule has 3 nitrogen and oxygen atoms in total. The standard InChI is InChI=1S/C16H25FN2O.2ClH/c1-12(2)11-14(19-9-7-18-8-10-19)13-5-4-6-15(20-3)16(13)17;;/h4-6,12,14,18H,7-11H2,1-3H3;2*1H/t14-;;/m1../s1. The summed E-state index contributed by atoms with van der Waals surface area (Å²) in [6.45, 7) is 8.25. The molecule has 1 aromatic rings. The first-order chi connectivity index (χ1) is 9.63. The van der Waals surface area contributed by atoms with Gasteiger partial charge in [0, 0.05) is 37.8 Å². The van der Waals surface area contributed by atoms with Gasteiger partial charge in [0.2, 0.25) is 0 Å². The summed E-state index contributed by atoms with van der Waals surface area (Å²) in [5.41, 5.74) is 0.764. The molecule has 1 aliphatic heterocycles. The maximum absolute atomic E-state index is 14.6. The Morgan fingerprint density at radius 2 is 1.86 bits per heavy atom. The normalized spacial score (nSPS) is 16.6. The number of halogens is 3. The number of nitrogens with zero attached hydrogens (tertiary/aromatic N) is 1. The molecule has 1 fully saturated rings. The highest BCUT2D eigenvalue weighted by Crippen LogP contribution is 2.33. The molecule has 22 heavy (non-hydrogen) atoms. The lowest BCUT2D eigenvalue weighted by Crippen LogP contribution is -2.45. The zero-order chi connectivity index (χ0) is 14.5. The third kappa shape index (κ3) is 5.27. The highest BCUT2D eigenvalue weighted by molar-refractivity contribution is 5.85. The fourth-order valence-corrected chi connectivity index (χ4v) is 2.86. The molecule has 0 amide bonds. The third-order valence-electron chi connectivity index (χ3n) is 3.86. The minimum atomic E-state index is -0.209. The van der Waals surface area contributed by atoms with E-state index in [0.717, 1.165) is 38.2 Å². The average molecular weight is 353 g/mol. The van der Waals surface area contributed by atoms with E-state index in [9.17, 15) is 4.39 Å². The lowest BCUT2D eigenvalue weighted by atomic mass is 9.94. The van der Waals surface area contributed by atoms with Crippen LogP contribution in [0.2, 0.25) is 0 Å². The van der Waals surface area contributed by atoms with Crippen molar-refractivity contribution in [3.05, 3.63) is 29.6 Å². The van der Waals surface area contributed by atoms with Gasteiger partial charge in [-0.1, -0.05) is 26.0 Å². The summed E-state index contributed by atoms with van der Waals surface area (Å²) in [6.07, 6.45) is 0.962. The predicted octanol–water partition coefficient (Wildman–Crippen LogP) is 3.67. The molecule has 0 spiro atoms. The van der Waals surface area contributed by atoms with Crippen LogP contribution in [0.3, 0.4) is 0 Å². The second kappa shape index (κ2) is 10.3. The summed E-state index contributed by atoms with van der Waals surface area (Å²) in [5.74, 6) is 0.658. The summed E-state index contributed by atoms with van der Waals surface area (Å²) in [6, 6.07) is 5.59. The molecule has 0 unspecified atom stereocenters. The van der Waals surface area contributed by atoms with Crippen LogP contribution in [-0.4, -0.2) is 38.2 Å². The first-order valence-electron chi connectivity index (χ1n) is 7.40. The van der Waals surface area contributed by atoms with Crippen molar-refractivity contribution in [2.45, 2.75) is 26.3 Å². The van der Waals surface area contributed by atoms with E-state index in [2.05, 4.69) is 24.1 Å². The topological polar surface area (TPSA) is 24.5 Å². The Morgan fingerprint density at radius 3 is 2.41 bits per heavy atom. The number of nitrogens with one attached hydrogen (secondary N) is 1. The maximum atomic E-state index is 14.6. The number of hydrogen-bond acceptors (Lipinski definition) is 3. The van der Waals surface area contributed by atoms with Crippen molar-refractivity contribution in [1.82, 2.24) is 10.2 Å². The summed E-state index contributed by atoms with van der Waals surface area (Å²) in [4.78, 5) is 2.38. The van der Waals surface area contributed by atoms with Crippen LogP contribution in [0.5, 0.6) is 5.75 Å². The van der Waals surface area contributed by atoms with E-state index >= 15 is 0 Å². The number of benzene rings is 1. The summed E-state index contributed by atoms with van der Waals surface area (Å²) in [7, 11) is 1.52. The third-order valence-corrected chi connectivity index (χ3v) is 3.86. The Balaban J connectivity index is 0.00000220. The minimum Gasteiger partial charge on any atom is -0.494 e. The van der Waals surface area contributed by atoms with Crippen LogP contribution in [0.1, 0.15) is 31.9 Å². The Labute approximate surface area is 145 Å². The Hall–Kier alpha value is -0.550. The molecule has 1 aromatic carbocycles. The van der Waals surface area contributed by atoms with E-state index in [1.807, 2.05) is 12.1 Å². The largest absolute Gasteiger partial charge is 0.494 e. The molecule has 1 heterocycles. The molecule has 0 bridgehead atoms. The van der Waals surface area contributed by atoms with Gasteiger partial charge in [-0.3, -0.25) is 4.90 Å². The van der Waals surface area contributed by atoms with Crippen LogP contribution in [-0.2, 0) is 0 Å². The predicted molar refractivity (Wildman–Crippen MR) is 94.1 cm³/mol. The van der Waals surface area contributed by atoms with Crippen LogP contribution >= 0.6 is 24.8 Å². The van der Waals surface area contributed by atoms with E-state index in [1.54, 1.807) is 6.07 Å². The number of hydrogen-bond donors (Lipinski definition) is 1. The molecule has 1 aliphatic rings. The lowest BCUT2D eigenvalue weighted by molar-refractivity contribution is 0.150. The van der Waals surface area contributed by atoms with Crippen molar-refractivity contribution >= 4 is 24.8 Å². The number of rotatable bonds is 5. The van der Waals surface area contributed by atoms with Gasteiger partial charge >= 0.3 is 0 Å². The van der Waals surface area contributed by atoms with Crippen molar-refractivity contribution in [2.24, 2.45) is 5.92 Å². The van der Waals surface area contributed by atoms with Crippen LogP contribution in [0, 0.1) is 11.7 Å². The second-order valence-corrected chi connectivity index (χ2v) is 5.79. The SMILES string of the molecule is COc1cccc([C@@H](CC(C)C)N2CCNCC2)c1F.Cl.Cl. The zero-order valence-electron chi connectivity index (χ0n) is 13.5. The van der Waals surface area contributed by atoms with Crippen molar-refractivity contribution in [3.8, 4) is 5.75 Å². The second-order valence-electron chi connectivity index (χ2n) is 5.79. The van der Waals surface area contributed by atoms with Crippen LogP contribution in [0.15, 0.2) is 18.2 Å². The van der Waals surface area contributed by atoms with E-state index in [-0.39, 0.29) is 36.7 Å². The highest BCUT2D eigenvalue weighted by atomic mass is 35.5. The molecular weight excluding hydrogens is 326 g/mol. The van der Waals surface area contributed by atoms with Gasteiger partial charge in [-0.2, -0.15) is 0 Å². The highest BCUT2D eigenvalue weighted by Gasteiger charge is 2.26. The average Bonchev–Trinajstić information content (AvgIpc) is 2.46.